The highest BCUT2D eigenvalue weighted by atomic mass is 16.5. The molecule has 5 heteroatoms. The number of nitrogens with zero attached hydrogens (tertiary/aromatic N) is 1. The summed E-state index contributed by atoms with van der Waals surface area (Å²) in [6.45, 7) is 7.49. The van der Waals surface area contributed by atoms with E-state index in [-0.39, 0.29) is 24.7 Å². The van der Waals surface area contributed by atoms with Gasteiger partial charge in [0.25, 0.3) is 0 Å². The molecule has 0 aliphatic heterocycles. The fraction of sp³-hybridized carbons (Fsp3) is 0.391. The number of carbonyl (C=O) groups is 2. The zero-order chi connectivity index (χ0) is 20.4. The smallest absolute Gasteiger partial charge is 0.307 e. The first-order valence-corrected chi connectivity index (χ1v) is 9.72. The number of rotatable bonds is 10. The summed E-state index contributed by atoms with van der Waals surface area (Å²) in [5.74, 6) is 0.483. The number of amides is 1. The van der Waals surface area contributed by atoms with Crippen molar-refractivity contribution in [3.63, 3.8) is 0 Å². The Labute approximate surface area is 167 Å². The third-order valence-electron chi connectivity index (χ3n) is 4.33. The fourth-order valence-corrected chi connectivity index (χ4v) is 2.82. The largest absolute Gasteiger partial charge is 0.494 e. The Hall–Kier alpha value is -2.82. The lowest BCUT2D eigenvalue weighted by atomic mass is 10.1. The molecule has 1 amide bonds. The molecule has 0 N–H and O–H groups in total. The van der Waals surface area contributed by atoms with Gasteiger partial charge in [0.15, 0.2) is 0 Å². The average molecular weight is 383 g/mol. The first kappa shape index (κ1) is 21.5. The Morgan fingerprint density at radius 3 is 2.14 bits per heavy atom. The van der Waals surface area contributed by atoms with Gasteiger partial charge < -0.3 is 14.4 Å². The first-order valence-electron chi connectivity index (χ1n) is 9.72. The van der Waals surface area contributed by atoms with Crippen LogP contribution in [0.15, 0.2) is 48.5 Å². The van der Waals surface area contributed by atoms with Crippen molar-refractivity contribution in [2.75, 3.05) is 19.8 Å². The van der Waals surface area contributed by atoms with E-state index in [4.69, 9.17) is 9.47 Å². The quantitative estimate of drug-likeness (QED) is 0.584. The molecule has 2 aromatic rings. The van der Waals surface area contributed by atoms with E-state index in [1.807, 2.05) is 62.4 Å². The van der Waals surface area contributed by atoms with Crippen molar-refractivity contribution >= 4 is 11.9 Å². The van der Waals surface area contributed by atoms with Crippen LogP contribution in [0.1, 0.15) is 37.0 Å². The van der Waals surface area contributed by atoms with Crippen LogP contribution >= 0.6 is 0 Å². The van der Waals surface area contributed by atoms with Crippen LogP contribution in [0.2, 0.25) is 0 Å². The van der Waals surface area contributed by atoms with Crippen LogP contribution in [0.25, 0.3) is 0 Å². The summed E-state index contributed by atoms with van der Waals surface area (Å²) in [4.78, 5) is 26.4. The molecule has 0 saturated heterocycles. The van der Waals surface area contributed by atoms with Crippen LogP contribution in [0.3, 0.4) is 0 Å². The second kappa shape index (κ2) is 11.1. The summed E-state index contributed by atoms with van der Waals surface area (Å²) in [6.07, 6.45) is 0.468. The van der Waals surface area contributed by atoms with Crippen LogP contribution in [-0.4, -0.2) is 36.5 Å². The Kier molecular flexibility index (Phi) is 8.53. The average Bonchev–Trinajstić information content (AvgIpc) is 2.68. The Balaban J connectivity index is 2.05. The highest BCUT2D eigenvalue weighted by Crippen LogP contribution is 2.15. The molecule has 5 nitrogen and oxygen atoms in total. The van der Waals surface area contributed by atoms with Gasteiger partial charge in [-0.15, -0.1) is 0 Å². The highest BCUT2D eigenvalue weighted by Gasteiger charge is 2.17. The SMILES string of the molecule is CCOC(=O)CCN(Cc1ccc(C)cc1)C(=O)Cc1ccc(OCC)cc1. The van der Waals surface area contributed by atoms with Gasteiger partial charge in [0.1, 0.15) is 5.75 Å². The maximum absolute atomic E-state index is 12.9. The summed E-state index contributed by atoms with van der Waals surface area (Å²) in [7, 11) is 0. The van der Waals surface area contributed by atoms with Crippen molar-refractivity contribution < 1.29 is 19.1 Å². The molecule has 0 spiro atoms. The third kappa shape index (κ3) is 7.06. The Morgan fingerprint density at radius 2 is 1.54 bits per heavy atom. The molecule has 0 bridgehead atoms. The first-order chi connectivity index (χ1) is 13.5. The molecule has 0 radical (unpaired) electrons. The Bertz CT molecular complexity index is 753. The lowest BCUT2D eigenvalue weighted by Gasteiger charge is -2.23. The molecule has 0 heterocycles. The van der Waals surface area contributed by atoms with Crippen LogP contribution in [0.4, 0.5) is 0 Å². The van der Waals surface area contributed by atoms with Crippen molar-refractivity contribution in [2.24, 2.45) is 0 Å². The summed E-state index contributed by atoms with van der Waals surface area (Å²) < 4.78 is 10.4. The van der Waals surface area contributed by atoms with Gasteiger partial charge in [-0.1, -0.05) is 42.0 Å². The van der Waals surface area contributed by atoms with Crippen LogP contribution < -0.4 is 4.74 Å². The molecule has 2 aromatic carbocycles. The van der Waals surface area contributed by atoms with Crippen molar-refractivity contribution in [1.29, 1.82) is 0 Å². The van der Waals surface area contributed by atoms with Crippen LogP contribution in [0, 0.1) is 6.92 Å². The van der Waals surface area contributed by atoms with Gasteiger partial charge in [-0.3, -0.25) is 9.59 Å². The van der Waals surface area contributed by atoms with E-state index in [2.05, 4.69) is 0 Å². The maximum atomic E-state index is 12.9. The van der Waals surface area contributed by atoms with Gasteiger partial charge in [-0.05, 0) is 44.0 Å². The van der Waals surface area contributed by atoms with Crippen LogP contribution in [-0.2, 0) is 27.3 Å². The number of benzene rings is 2. The number of ether oxygens (including phenoxy) is 2. The van der Waals surface area contributed by atoms with E-state index < -0.39 is 0 Å². The van der Waals surface area contributed by atoms with Crippen molar-refractivity contribution in [1.82, 2.24) is 4.90 Å². The molecule has 0 saturated carbocycles. The molecule has 150 valence electrons. The molecule has 0 aromatic heterocycles. The minimum Gasteiger partial charge on any atom is -0.494 e. The summed E-state index contributed by atoms with van der Waals surface area (Å²) in [6, 6.07) is 15.6. The third-order valence-corrected chi connectivity index (χ3v) is 4.33. The molecule has 0 atom stereocenters. The number of esters is 1. The normalized spacial score (nSPS) is 10.4. The van der Waals surface area contributed by atoms with Gasteiger partial charge in [-0.2, -0.15) is 0 Å². The predicted molar refractivity (Wildman–Crippen MR) is 109 cm³/mol. The molecular weight excluding hydrogens is 354 g/mol. The summed E-state index contributed by atoms with van der Waals surface area (Å²) >= 11 is 0. The fourth-order valence-electron chi connectivity index (χ4n) is 2.82. The monoisotopic (exact) mass is 383 g/mol. The van der Waals surface area contributed by atoms with E-state index in [1.165, 1.54) is 5.56 Å². The second-order valence-electron chi connectivity index (χ2n) is 6.61. The van der Waals surface area contributed by atoms with E-state index in [9.17, 15) is 9.59 Å². The van der Waals surface area contributed by atoms with Gasteiger partial charge >= 0.3 is 5.97 Å². The number of aryl methyl sites for hydroxylation is 1. The lowest BCUT2D eigenvalue weighted by molar-refractivity contribution is -0.144. The van der Waals surface area contributed by atoms with Gasteiger partial charge in [0, 0.05) is 13.1 Å². The second-order valence-corrected chi connectivity index (χ2v) is 6.61. The van der Waals surface area contributed by atoms with Crippen molar-refractivity contribution in [3.05, 3.63) is 65.2 Å². The highest BCUT2D eigenvalue weighted by molar-refractivity contribution is 5.79. The number of hydrogen-bond donors (Lipinski definition) is 0. The molecule has 2 rings (SSSR count). The van der Waals surface area contributed by atoms with Gasteiger partial charge in [0.2, 0.25) is 5.91 Å². The number of hydrogen-bond acceptors (Lipinski definition) is 4. The van der Waals surface area contributed by atoms with E-state index in [0.717, 1.165) is 16.9 Å². The maximum Gasteiger partial charge on any atom is 0.307 e. The van der Waals surface area contributed by atoms with Gasteiger partial charge in [-0.25, -0.2) is 0 Å². The zero-order valence-electron chi connectivity index (χ0n) is 16.9. The van der Waals surface area contributed by atoms with Crippen molar-refractivity contribution in [2.45, 2.75) is 40.2 Å². The minimum atomic E-state index is -0.287. The molecule has 28 heavy (non-hydrogen) atoms. The summed E-state index contributed by atoms with van der Waals surface area (Å²) in [5.41, 5.74) is 3.12. The molecule has 0 aliphatic carbocycles. The summed E-state index contributed by atoms with van der Waals surface area (Å²) in [5, 5.41) is 0. The van der Waals surface area contributed by atoms with E-state index in [1.54, 1.807) is 11.8 Å². The van der Waals surface area contributed by atoms with E-state index >= 15 is 0 Å². The molecular formula is C23H29NO4. The van der Waals surface area contributed by atoms with Gasteiger partial charge in [0.05, 0.1) is 26.1 Å². The Morgan fingerprint density at radius 1 is 0.893 bits per heavy atom. The van der Waals surface area contributed by atoms with E-state index in [0.29, 0.717) is 26.3 Å². The number of carbonyl (C=O) groups excluding carboxylic acids is 2. The zero-order valence-corrected chi connectivity index (χ0v) is 16.9. The molecule has 0 aliphatic rings. The molecule has 0 unspecified atom stereocenters. The topological polar surface area (TPSA) is 55.8 Å². The lowest BCUT2D eigenvalue weighted by Crippen LogP contribution is -2.34. The predicted octanol–water partition coefficient (Wildman–Crippen LogP) is 3.92. The molecule has 0 fully saturated rings. The standard InChI is InChI=1S/C23H29NO4/c1-4-27-21-12-10-19(11-13-21)16-22(25)24(15-14-23(26)28-5-2)17-20-8-6-18(3)7-9-20/h6-13H,4-5,14-17H2,1-3H3. The van der Waals surface area contributed by atoms with Crippen LogP contribution in [0.5, 0.6) is 5.75 Å². The minimum absolute atomic E-state index is 0.0194. The van der Waals surface area contributed by atoms with Crippen molar-refractivity contribution in [3.8, 4) is 5.75 Å².